The Labute approximate surface area is 154 Å². The van der Waals surface area contributed by atoms with E-state index in [-0.39, 0.29) is 0 Å². The third kappa shape index (κ3) is 4.37. The topological polar surface area (TPSA) is 49.3 Å². The summed E-state index contributed by atoms with van der Waals surface area (Å²) in [6.45, 7) is 12.5. The van der Waals surface area contributed by atoms with E-state index in [4.69, 9.17) is 0 Å². The lowest BCUT2D eigenvalue weighted by Crippen LogP contribution is -2.32. The lowest BCUT2D eigenvalue weighted by atomic mass is 10.0. The number of anilines is 1. The van der Waals surface area contributed by atoms with Crippen LogP contribution in [-0.4, -0.2) is 22.9 Å². The Balaban J connectivity index is 2.16. The van der Waals surface area contributed by atoms with E-state index in [1.54, 1.807) is 11.8 Å². The van der Waals surface area contributed by atoms with E-state index in [1.165, 1.54) is 27.8 Å². The predicted octanol–water partition coefficient (Wildman–Crippen LogP) is 5.19. The summed E-state index contributed by atoms with van der Waals surface area (Å²) >= 11 is 1.60. The van der Waals surface area contributed by atoms with Crippen LogP contribution in [0.2, 0.25) is 0 Å². The first kappa shape index (κ1) is 19.4. The number of thioether (sulfide) groups is 1. The molecule has 1 unspecified atom stereocenters. The summed E-state index contributed by atoms with van der Waals surface area (Å²) in [5, 5.41) is 12.8. The third-order valence-corrected chi connectivity index (χ3v) is 6.35. The van der Waals surface area contributed by atoms with Gasteiger partial charge in [-0.15, -0.1) is 11.8 Å². The fourth-order valence-electron chi connectivity index (χ4n) is 2.74. The molecule has 0 aromatic heterocycles. The van der Waals surface area contributed by atoms with Gasteiger partial charge in [0.05, 0.1) is 0 Å². The van der Waals surface area contributed by atoms with E-state index in [0.717, 1.165) is 16.1 Å². The van der Waals surface area contributed by atoms with Crippen LogP contribution < -0.4 is 5.32 Å². The van der Waals surface area contributed by atoms with Crippen molar-refractivity contribution in [1.29, 1.82) is 0 Å². The number of hydrogen-bond donors (Lipinski definition) is 2. The van der Waals surface area contributed by atoms with E-state index < -0.39 is 12.0 Å². The summed E-state index contributed by atoms with van der Waals surface area (Å²) in [5.41, 5.74) is 8.19. The second kappa shape index (κ2) is 7.96. The lowest BCUT2D eigenvalue weighted by Gasteiger charge is -2.20. The molecule has 0 aliphatic rings. The minimum Gasteiger partial charge on any atom is -0.480 e. The normalized spacial score (nSPS) is 12.1. The Morgan fingerprint density at radius 3 is 2.08 bits per heavy atom. The molecule has 2 N–H and O–H groups in total. The largest absolute Gasteiger partial charge is 0.480 e. The number of aliphatic carboxylic acids is 1. The van der Waals surface area contributed by atoms with Crippen molar-refractivity contribution in [3.63, 3.8) is 0 Å². The highest BCUT2D eigenvalue weighted by molar-refractivity contribution is 7.99. The van der Waals surface area contributed by atoms with Gasteiger partial charge in [0.1, 0.15) is 6.04 Å². The minimum absolute atomic E-state index is 0.477. The number of hydrogen-bond acceptors (Lipinski definition) is 3. The molecule has 0 aliphatic carbocycles. The maximum Gasteiger partial charge on any atom is 0.326 e. The molecule has 0 saturated carbocycles. The standard InChI is InChI=1S/C21H27NO2S/c1-12-7-9-18(16(5)14(12)3)22-19(21(23)24)11-25-20-10-8-13(2)15(4)17(20)6/h7-10,19,22H,11H2,1-6H3,(H,23,24). The average Bonchev–Trinajstić information content (AvgIpc) is 2.57. The van der Waals surface area contributed by atoms with Gasteiger partial charge in [0.25, 0.3) is 0 Å². The molecule has 0 bridgehead atoms. The summed E-state index contributed by atoms with van der Waals surface area (Å²) in [6, 6.07) is 7.56. The molecule has 0 radical (unpaired) electrons. The molecule has 3 nitrogen and oxygen atoms in total. The number of carboxylic acid groups (broad SMARTS) is 1. The van der Waals surface area contributed by atoms with Crippen LogP contribution in [-0.2, 0) is 4.79 Å². The summed E-state index contributed by atoms with van der Waals surface area (Å²) in [5.74, 6) is -0.350. The van der Waals surface area contributed by atoms with Crippen LogP contribution in [0.25, 0.3) is 0 Å². The van der Waals surface area contributed by atoms with Crippen molar-refractivity contribution in [3.05, 3.63) is 57.6 Å². The van der Waals surface area contributed by atoms with Gasteiger partial charge in [-0.2, -0.15) is 0 Å². The molecule has 134 valence electrons. The van der Waals surface area contributed by atoms with Crippen LogP contribution in [0.3, 0.4) is 0 Å². The van der Waals surface area contributed by atoms with Crippen LogP contribution in [0, 0.1) is 41.5 Å². The van der Waals surface area contributed by atoms with E-state index in [9.17, 15) is 9.90 Å². The fraction of sp³-hybridized carbons (Fsp3) is 0.381. The fourth-order valence-corrected chi connectivity index (χ4v) is 3.84. The number of carboxylic acids is 1. The second-order valence-corrected chi connectivity index (χ2v) is 7.72. The Kier molecular flexibility index (Phi) is 6.17. The van der Waals surface area contributed by atoms with Gasteiger partial charge in [-0.05, 0) is 87.1 Å². The Morgan fingerprint density at radius 1 is 0.920 bits per heavy atom. The smallest absolute Gasteiger partial charge is 0.326 e. The zero-order valence-electron chi connectivity index (χ0n) is 15.9. The van der Waals surface area contributed by atoms with Crippen LogP contribution in [0.5, 0.6) is 0 Å². The van der Waals surface area contributed by atoms with Crippen LogP contribution in [0.15, 0.2) is 29.2 Å². The zero-order valence-corrected chi connectivity index (χ0v) is 16.7. The molecule has 0 spiro atoms. The summed E-state index contributed by atoms with van der Waals surface area (Å²) in [7, 11) is 0. The van der Waals surface area contributed by atoms with Crippen molar-refractivity contribution in [3.8, 4) is 0 Å². The zero-order chi connectivity index (χ0) is 18.7. The highest BCUT2D eigenvalue weighted by Gasteiger charge is 2.19. The molecule has 0 heterocycles. The van der Waals surface area contributed by atoms with Crippen LogP contribution >= 0.6 is 11.8 Å². The predicted molar refractivity (Wildman–Crippen MR) is 107 cm³/mol. The highest BCUT2D eigenvalue weighted by atomic mass is 32.2. The Morgan fingerprint density at radius 2 is 1.48 bits per heavy atom. The second-order valence-electron chi connectivity index (χ2n) is 6.66. The molecular weight excluding hydrogens is 330 g/mol. The summed E-state index contributed by atoms with van der Waals surface area (Å²) in [4.78, 5) is 12.9. The molecule has 2 aromatic rings. The van der Waals surface area contributed by atoms with Gasteiger partial charge in [-0.3, -0.25) is 0 Å². The Hall–Kier alpha value is -1.94. The molecule has 0 amide bonds. The first-order valence-corrected chi connectivity index (χ1v) is 9.46. The molecule has 25 heavy (non-hydrogen) atoms. The maximum absolute atomic E-state index is 11.7. The molecule has 1 atom stereocenters. The molecule has 0 fully saturated rings. The van der Waals surface area contributed by atoms with Gasteiger partial charge in [0, 0.05) is 16.3 Å². The molecular formula is C21H27NO2S. The van der Waals surface area contributed by atoms with Crippen LogP contribution in [0.1, 0.15) is 33.4 Å². The maximum atomic E-state index is 11.7. The third-order valence-electron chi connectivity index (χ3n) is 5.10. The molecule has 0 saturated heterocycles. The highest BCUT2D eigenvalue weighted by Crippen LogP contribution is 2.28. The number of carbonyl (C=O) groups is 1. The van der Waals surface area contributed by atoms with E-state index >= 15 is 0 Å². The van der Waals surface area contributed by atoms with Crippen molar-refractivity contribution in [2.45, 2.75) is 52.5 Å². The molecule has 4 heteroatoms. The van der Waals surface area contributed by atoms with Gasteiger partial charge in [-0.1, -0.05) is 12.1 Å². The Bertz CT molecular complexity index is 799. The summed E-state index contributed by atoms with van der Waals surface area (Å²) in [6.07, 6.45) is 0. The van der Waals surface area contributed by atoms with E-state index in [1.807, 2.05) is 19.1 Å². The van der Waals surface area contributed by atoms with Crippen LogP contribution in [0.4, 0.5) is 5.69 Å². The molecule has 0 aliphatic heterocycles. The van der Waals surface area contributed by atoms with Gasteiger partial charge in [-0.25, -0.2) is 4.79 Å². The average molecular weight is 358 g/mol. The quantitative estimate of drug-likeness (QED) is 0.698. The molecule has 2 rings (SSSR count). The number of benzene rings is 2. The summed E-state index contributed by atoms with van der Waals surface area (Å²) < 4.78 is 0. The number of nitrogens with one attached hydrogen (secondary N) is 1. The van der Waals surface area contributed by atoms with Crippen molar-refractivity contribution in [1.82, 2.24) is 0 Å². The first-order chi connectivity index (χ1) is 11.7. The van der Waals surface area contributed by atoms with Crippen molar-refractivity contribution in [2.75, 3.05) is 11.1 Å². The van der Waals surface area contributed by atoms with E-state index in [0.29, 0.717) is 5.75 Å². The van der Waals surface area contributed by atoms with Gasteiger partial charge >= 0.3 is 5.97 Å². The van der Waals surface area contributed by atoms with Crippen molar-refractivity contribution in [2.24, 2.45) is 0 Å². The number of aryl methyl sites for hydroxylation is 2. The van der Waals surface area contributed by atoms with Gasteiger partial charge < -0.3 is 10.4 Å². The SMILES string of the molecule is Cc1ccc(NC(CSc2ccc(C)c(C)c2C)C(=O)O)c(C)c1C. The minimum atomic E-state index is -0.827. The monoisotopic (exact) mass is 357 g/mol. The van der Waals surface area contributed by atoms with E-state index in [2.05, 4.69) is 52.1 Å². The first-order valence-electron chi connectivity index (χ1n) is 8.48. The number of rotatable bonds is 6. The lowest BCUT2D eigenvalue weighted by molar-refractivity contribution is -0.137. The van der Waals surface area contributed by atoms with Gasteiger partial charge in [0.2, 0.25) is 0 Å². The van der Waals surface area contributed by atoms with Crippen molar-refractivity contribution < 1.29 is 9.90 Å². The van der Waals surface area contributed by atoms with Crippen molar-refractivity contribution >= 4 is 23.4 Å². The molecule has 2 aromatic carbocycles. The van der Waals surface area contributed by atoms with Gasteiger partial charge in [0.15, 0.2) is 0 Å².